The fourth-order valence-electron chi connectivity index (χ4n) is 2.59. The fourth-order valence-corrected chi connectivity index (χ4v) is 2.59. The molecule has 0 aliphatic heterocycles. The number of carboxylic acid groups (broad SMARTS) is 1. The van der Waals surface area contributed by atoms with Gasteiger partial charge in [0.1, 0.15) is 5.60 Å². The number of carboxylic acids is 1. The molecule has 1 aliphatic carbocycles. The van der Waals surface area contributed by atoms with E-state index in [9.17, 15) is 9.59 Å². The smallest absolute Gasteiger partial charge is 0.407 e. The summed E-state index contributed by atoms with van der Waals surface area (Å²) in [6.45, 7) is 6.20. The zero-order valence-corrected chi connectivity index (χ0v) is 12.8. The quantitative estimate of drug-likeness (QED) is 0.813. The number of ether oxygens (including phenoxy) is 1. The van der Waals surface area contributed by atoms with Gasteiger partial charge in [0.15, 0.2) is 0 Å². The van der Waals surface area contributed by atoms with E-state index in [0.717, 1.165) is 32.1 Å². The maximum absolute atomic E-state index is 11.5. The van der Waals surface area contributed by atoms with Crippen LogP contribution in [-0.2, 0) is 9.53 Å². The van der Waals surface area contributed by atoms with Gasteiger partial charge in [-0.3, -0.25) is 4.79 Å². The van der Waals surface area contributed by atoms with Gasteiger partial charge in [0.25, 0.3) is 0 Å². The zero-order chi connectivity index (χ0) is 15.2. The number of hydrogen-bond donors (Lipinski definition) is 2. The number of carbonyl (C=O) groups is 2. The average molecular weight is 285 g/mol. The predicted octanol–water partition coefficient (Wildman–Crippen LogP) is 3.18. The molecule has 0 radical (unpaired) electrons. The second kappa shape index (κ2) is 7.50. The molecule has 5 nitrogen and oxygen atoms in total. The van der Waals surface area contributed by atoms with Crippen LogP contribution in [0.15, 0.2) is 0 Å². The Morgan fingerprint density at radius 1 is 1.15 bits per heavy atom. The highest BCUT2D eigenvalue weighted by atomic mass is 16.6. The summed E-state index contributed by atoms with van der Waals surface area (Å²) in [4.78, 5) is 22.1. The summed E-state index contributed by atoms with van der Waals surface area (Å²) in [6.07, 6.45) is 4.93. The van der Waals surface area contributed by atoms with Crippen LogP contribution in [0.25, 0.3) is 0 Å². The van der Waals surface area contributed by atoms with E-state index >= 15 is 0 Å². The van der Waals surface area contributed by atoms with E-state index in [2.05, 4.69) is 5.32 Å². The van der Waals surface area contributed by atoms with E-state index in [4.69, 9.17) is 9.84 Å². The van der Waals surface area contributed by atoms with Crippen LogP contribution in [0.5, 0.6) is 0 Å². The first-order valence-corrected chi connectivity index (χ1v) is 7.45. The van der Waals surface area contributed by atoms with Crippen LogP contribution in [-0.4, -0.2) is 29.3 Å². The van der Waals surface area contributed by atoms with Gasteiger partial charge in [0, 0.05) is 13.0 Å². The Morgan fingerprint density at radius 3 is 2.20 bits per heavy atom. The van der Waals surface area contributed by atoms with Gasteiger partial charge >= 0.3 is 12.1 Å². The lowest BCUT2D eigenvalue weighted by molar-refractivity contribution is -0.137. The summed E-state index contributed by atoms with van der Waals surface area (Å²) in [5, 5.41) is 11.5. The molecule has 5 heteroatoms. The zero-order valence-electron chi connectivity index (χ0n) is 12.8. The highest BCUT2D eigenvalue weighted by Gasteiger charge is 2.23. The number of alkyl carbamates (subject to hydrolysis) is 1. The molecule has 0 spiro atoms. The number of carbonyl (C=O) groups excluding carboxylic acids is 1. The summed E-state index contributed by atoms with van der Waals surface area (Å²) in [7, 11) is 0. The van der Waals surface area contributed by atoms with Gasteiger partial charge in [0.05, 0.1) is 0 Å². The van der Waals surface area contributed by atoms with Crippen LogP contribution in [0.3, 0.4) is 0 Å². The van der Waals surface area contributed by atoms with Crippen LogP contribution in [0, 0.1) is 11.8 Å². The number of aliphatic carboxylic acids is 1. The minimum atomic E-state index is -0.710. The lowest BCUT2D eigenvalue weighted by Crippen LogP contribution is -2.36. The van der Waals surface area contributed by atoms with Crippen LogP contribution < -0.4 is 5.32 Å². The van der Waals surface area contributed by atoms with Crippen molar-refractivity contribution in [3.63, 3.8) is 0 Å². The molecule has 0 atom stereocenters. The predicted molar refractivity (Wildman–Crippen MR) is 76.6 cm³/mol. The van der Waals surface area contributed by atoms with Crippen molar-refractivity contribution in [1.29, 1.82) is 0 Å². The van der Waals surface area contributed by atoms with Gasteiger partial charge < -0.3 is 15.2 Å². The van der Waals surface area contributed by atoms with Gasteiger partial charge in [0.2, 0.25) is 0 Å². The highest BCUT2D eigenvalue weighted by Crippen LogP contribution is 2.31. The normalized spacial score (nSPS) is 23.1. The molecular weight excluding hydrogens is 258 g/mol. The SMILES string of the molecule is CC(C)(C)OC(=O)NCC1CCC(CCC(=O)O)CC1. The first-order chi connectivity index (χ1) is 9.26. The molecular formula is C15H27NO4. The maximum Gasteiger partial charge on any atom is 0.407 e. The first kappa shape index (κ1) is 16.8. The highest BCUT2D eigenvalue weighted by molar-refractivity contribution is 5.67. The van der Waals surface area contributed by atoms with Crippen molar-refractivity contribution in [3.8, 4) is 0 Å². The third kappa shape index (κ3) is 7.36. The summed E-state index contributed by atoms with van der Waals surface area (Å²) in [5.41, 5.74) is -0.460. The molecule has 0 aromatic rings. The number of hydrogen-bond acceptors (Lipinski definition) is 3. The molecule has 0 aromatic carbocycles. The maximum atomic E-state index is 11.5. The van der Waals surface area contributed by atoms with Gasteiger partial charge in [-0.15, -0.1) is 0 Å². The van der Waals surface area contributed by atoms with Crippen molar-refractivity contribution < 1.29 is 19.4 Å². The monoisotopic (exact) mass is 285 g/mol. The van der Waals surface area contributed by atoms with Gasteiger partial charge in [-0.1, -0.05) is 12.8 Å². The van der Waals surface area contributed by atoms with E-state index in [1.165, 1.54) is 0 Å². The molecule has 0 aromatic heterocycles. The Morgan fingerprint density at radius 2 is 1.70 bits per heavy atom. The Hall–Kier alpha value is -1.26. The molecule has 1 saturated carbocycles. The lowest BCUT2D eigenvalue weighted by Gasteiger charge is -2.28. The summed E-state index contributed by atoms with van der Waals surface area (Å²) in [6, 6.07) is 0. The topological polar surface area (TPSA) is 75.6 Å². The van der Waals surface area contributed by atoms with E-state index in [0.29, 0.717) is 18.4 Å². The number of amides is 1. The van der Waals surface area contributed by atoms with Crippen molar-refractivity contribution in [2.24, 2.45) is 11.8 Å². The van der Waals surface area contributed by atoms with Gasteiger partial charge in [-0.05, 0) is 51.9 Å². The summed E-state index contributed by atoms with van der Waals surface area (Å²) >= 11 is 0. The van der Waals surface area contributed by atoms with Crippen molar-refractivity contribution in [2.45, 2.75) is 64.9 Å². The fraction of sp³-hybridized carbons (Fsp3) is 0.867. The average Bonchev–Trinajstić information content (AvgIpc) is 2.33. The summed E-state index contributed by atoms with van der Waals surface area (Å²) in [5.74, 6) is 0.311. The van der Waals surface area contributed by atoms with E-state index in [1.54, 1.807) is 0 Å². The first-order valence-electron chi connectivity index (χ1n) is 7.45. The number of rotatable bonds is 5. The molecule has 0 saturated heterocycles. The minimum absolute atomic E-state index is 0.269. The van der Waals surface area contributed by atoms with Crippen LogP contribution in [0.1, 0.15) is 59.3 Å². The van der Waals surface area contributed by atoms with Crippen molar-refractivity contribution in [3.05, 3.63) is 0 Å². The van der Waals surface area contributed by atoms with Crippen LogP contribution >= 0.6 is 0 Å². The molecule has 116 valence electrons. The lowest BCUT2D eigenvalue weighted by atomic mass is 9.80. The van der Waals surface area contributed by atoms with Gasteiger partial charge in [-0.25, -0.2) is 4.79 Å². The van der Waals surface area contributed by atoms with Crippen molar-refractivity contribution >= 4 is 12.1 Å². The van der Waals surface area contributed by atoms with Crippen LogP contribution in [0.2, 0.25) is 0 Å². The molecule has 1 fully saturated rings. The number of nitrogens with one attached hydrogen (secondary N) is 1. The third-order valence-corrected chi connectivity index (χ3v) is 3.67. The molecule has 2 N–H and O–H groups in total. The van der Waals surface area contributed by atoms with Crippen molar-refractivity contribution in [1.82, 2.24) is 5.32 Å². The minimum Gasteiger partial charge on any atom is -0.481 e. The molecule has 0 heterocycles. The molecule has 1 amide bonds. The Bertz CT molecular complexity index is 327. The third-order valence-electron chi connectivity index (χ3n) is 3.67. The second-order valence-electron chi connectivity index (χ2n) is 6.70. The summed E-state index contributed by atoms with van der Waals surface area (Å²) < 4.78 is 5.20. The molecule has 1 aliphatic rings. The Balaban J connectivity index is 2.16. The van der Waals surface area contributed by atoms with Crippen molar-refractivity contribution in [2.75, 3.05) is 6.54 Å². The second-order valence-corrected chi connectivity index (χ2v) is 6.70. The molecule has 0 bridgehead atoms. The van der Waals surface area contributed by atoms with E-state index < -0.39 is 11.6 Å². The Kier molecular flexibility index (Phi) is 6.30. The largest absolute Gasteiger partial charge is 0.481 e. The van der Waals surface area contributed by atoms with E-state index in [1.807, 2.05) is 20.8 Å². The molecule has 20 heavy (non-hydrogen) atoms. The molecule has 1 rings (SSSR count). The van der Waals surface area contributed by atoms with Gasteiger partial charge in [-0.2, -0.15) is 0 Å². The Labute approximate surface area is 121 Å². The van der Waals surface area contributed by atoms with Crippen LogP contribution in [0.4, 0.5) is 4.79 Å². The van der Waals surface area contributed by atoms with E-state index in [-0.39, 0.29) is 12.5 Å². The molecule has 0 unspecified atom stereocenters. The standard InChI is InChI=1S/C15H27NO4/c1-15(2,3)20-14(19)16-10-12-6-4-11(5-7-12)8-9-13(17)18/h11-12H,4-10H2,1-3H3,(H,16,19)(H,17,18).